The third kappa shape index (κ3) is 3.18. The highest BCUT2D eigenvalue weighted by atomic mass is 19.3. The Hall–Kier alpha value is -1.30. The van der Waals surface area contributed by atoms with Crippen LogP contribution in [-0.2, 0) is 0 Å². The fourth-order valence-corrected chi connectivity index (χ4v) is 2.06. The van der Waals surface area contributed by atoms with Crippen LogP contribution in [0.25, 0.3) is 0 Å². The van der Waals surface area contributed by atoms with Crippen molar-refractivity contribution in [3.8, 4) is 5.75 Å². The molecule has 19 heavy (non-hydrogen) atoms. The molecule has 6 heteroatoms. The highest BCUT2D eigenvalue weighted by molar-refractivity contribution is 5.31. The summed E-state index contributed by atoms with van der Waals surface area (Å²) in [6.45, 7) is 0. The van der Waals surface area contributed by atoms with Crippen LogP contribution < -0.4 is 10.5 Å². The molecule has 0 bridgehead atoms. The van der Waals surface area contributed by atoms with Crippen LogP contribution in [0, 0.1) is 5.92 Å². The number of ether oxygens (including phenoxy) is 1. The van der Waals surface area contributed by atoms with Gasteiger partial charge < -0.3 is 10.5 Å². The molecular formula is C13H15F4NO. The maximum atomic E-state index is 12.8. The van der Waals surface area contributed by atoms with Crippen molar-refractivity contribution < 1.29 is 22.3 Å². The smallest absolute Gasteiger partial charge is 0.428 e. The topological polar surface area (TPSA) is 35.2 Å². The molecular weight excluding hydrogens is 262 g/mol. The number of alkyl halides is 4. The largest absolute Gasteiger partial charge is 0.461 e. The summed E-state index contributed by atoms with van der Waals surface area (Å²) in [4.78, 5) is 0. The van der Waals surface area contributed by atoms with Crippen LogP contribution >= 0.6 is 0 Å². The molecule has 0 amide bonds. The molecule has 1 aliphatic rings. The van der Waals surface area contributed by atoms with Crippen molar-refractivity contribution in [2.45, 2.75) is 37.8 Å². The van der Waals surface area contributed by atoms with E-state index in [2.05, 4.69) is 4.74 Å². The van der Waals surface area contributed by atoms with Crippen LogP contribution in [0.3, 0.4) is 0 Å². The molecule has 1 atom stereocenters. The summed E-state index contributed by atoms with van der Waals surface area (Å²) < 4.78 is 53.7. The number of rotatable bonds is 5. The summed E-state index contributed by atoms with van der Waals surface area (Å²) in [6.07, 6.45) is -5.24. The number of hydrogen-bond donors (Lipinski definition) is 1. The van der Waals surface area contributed by atoms with E-state index in [1.807, 2.05) is 0 Å². The van der Waals surface area contributed by atoms with Crippen molar-refractivity contribution >= 4 is 0 Å². The summed E-state index contributed by atoms with van der Waals surface area (Å²) in [6, 6.07) is 5.42. The van der Waals surface area contributed by atoms with E-state index in [9.17, 15) is 17.6 Å². The van der Waals surface area contributed by atoms with Crippen LogP contribution in [0.2, 0.25) is 0 Å². The van der Waals surface area contributed by atoms with Crippen LogP contribution in [0.4, 0.5) is 17.6 Å². The Bertz CT molecular complexity index is 434. The lowest BCUT2D eigenvalue weighted by molar-refractivity contribution is -0.253. The first-order valence-electron chi connectivity index (χ1n) is 6.10. The fourth-order valence-electron chi connectivity index (χ4n) is 2.06. The Balaban J connectivity index is 2.10. The molecule has 2 nitrogen and oxygen atoms in total. The quantitative estimate of drug-likeness (QED) is 0.832. The molecule has 2 N–H and O–H groups in total. The van der Waals surface area contributed by atoms with Crippen molar-refractivity contribution in [3.63, 3.8) is 0 Å². The van der Waals surface area contributed by atoms with Crippen molar-refractivity contribution in [3.05, 3.63) is 29.8 Å². The normalized spacial score (nSPS) is 18.2. The van der Waals surface area contributed by atoms with Gasteiger partial charge >= 0.3 is 12.5 Å². The first-order chi connectivity index (χ1) is 8.90. The average molecular weight is 277 g/mol. The highest BCUT2D eigenvalue weighted by Gasteiger charge is 2.44. The SMILES string of the molecule is N[C@H](c1cccc(OC(F)(F)C(F)F)c1)C1CCC1. The van der Waals surface area contributed by atoms with E-state index in [4.69, 9.17) is 5.73 Å². The molecule has 0 aliphatic heterocycles. The summed E-state index contributed by atoms with van der Waals surface area (Å²) in [5, 5.41) is 0. The van der Waals surface area contributed by atoms with Crippen LogP contribution in [0.1, 0.15) is 30.9 Å². The van der Waals surface area contributed by atoms with Gasteiger partial charge in [-0.2, -0.15) is 17.6 Å². The Kier molecular flexibility index (Phi) is 3.99. The second-order valence-electron chi connectivity index (χ2n) is 4.75. The van der Waals surface area contributed by atoms with Gasteiger partial charge in [0.15, 0.2) is 0 Å². The van der Waals surface area contributed by atoms with Gasteiger partial charge in [-0.1, -0.05) is 18.6 Å². The number of benzene rings is 1. The van der Waals surface area contributed by atoms with Crippen molar-refractivity contribution in [1.29, 1.82) is 0 Å². The van der Waals surface area contributed by atoms with Crippen molar-refractivity contribution in [1.82, 2.24) is 0 Å². The second-order valence-corrected chi connectivity index (χ2v) is 4.75. The maximum absolute atomic E-state index is 12.8. The van der Waals surface area contributed by atoms with Gasteiger partial charge in [-0.25, -0.2) is 0 Å². The van der Waals surface area contributed by atoms with E-state index in [1.165, 1.54) is 18.2 Å². The molecule has 1 aromatic rings. The zero-order valence-corrected chi connectivity index (χ0v) is 10.2. The summed E-state index contributed by atoms with van der Waals surface area (Å²) in [5.41, 5.74) is 6.63. The van der Waals surface area contributed by atoms with Crippen molar-refractivity contribution in [2.24, 2.45) is 11.7 Å². The Morgan fingerprint density at radius 2 is 1.95 bits per heavy atom. The molecule has 0 radical (unpaired) electrons. The van der Waals surface area contributed by atoms with E-state index in [-0.39, 0.29) is 11.8 Å². The molecule has 1 aromatic carbocycles. The molecule has 0 unspecified atom stereocenters. The minimum Gasteiger partial charge on any atom is -0.428 e. The predicted molar refractivity (Wildman–Crippen MR) is 62.3 cm³/mol. The Labute approximate surface area is 108 Å². The molecule has 106 valence electrons. The molecule has 0 saturated heterocycles. The predicted octanol–water partition coefficient (Wildman–Crippen LogP) is 3.72. The molecule has 2 rings (SSSR count). The lowest BCUT2D eigenvalue weighted by atomic mass is 9.77. The zero-order chi connectivity index (χ0) is 14.0. The second kappa shape index (κ2) is 5.36. The Morgan fingerprint density at radius 1 is 1.26 bits per heavy atom. The van der Waals surface area contributed by atoms with E-state index >= 15 is 0 Å². The first kappa shape index (κ1) is 14.1. The number of hydrogen-bond acceptors (Lipinski definition) is 2. The standard InChI is InChI=1S/C13H15F4NO/c14-12(15)13(16,17)19-10-6-2-5-9(7-10)11(18)8-3-1-4-8/h2,5-8,11-12H,1,3-4,18H2/t11-/m0/s1. The third-order valence-electron chi connectivity index (χ3n) is 3.41. The molecule has 1 fully saturated rings. The van der Waals surface area contributed by atoms with Gasteiger partial charge in [0, 0.05) is 6.04 Å². The monoisotopic (exact) mass is 277 g/mol. The van der Waals surface area contributed by atoms with Crippen LogP contribution in [0.15, 0.2) is 24.3 Å². The molecule has 0 heterocycles. The third-order valence-corrected chi connectivity index (χ3v) is 3.41. The van der Waals surface area contributed by atoms with Gasteiger partial charge in [0.2, 0.25) is 0 Å². The van der Waals surface area contributed by atoms with E-state index in [0.717, 1.165) is 19.3 Å². The minimum absolute atomic E-state index is 0.266. The maximum Gasteiger partial charge on any atom is 0.461 e. The zero-order valence-electron chi connectivity index (χ0n) is 10.2. The summed E-state index contributed by atoms with van der Waals surface area (Å²) >= 11 is 0. The molecule has 0 spiro atoms. The van der Waals surface area contributed by atoms with Crippen LogP contribution in [0.5, 0.6) is 5.75 Å². The number of halogens is 4. The average Bonchev–Trinajstić information content (AvgIpc) is 2.26. The van der Waals surface area contributed by atoms with E-state index < -0.39 is 12.5 Å². The van der Waals surface area contributed by atoms with Gasteiger partial charge in [0.05, 0.1) is 0 Å². The highest BCUT2D eigenvalue weighted by Crippen LogP contribution is 2.37. The molecule has 1 saturated carbocycles. The van der Waals surface area contributed by atoms with Crippen LogP contribution in [-0.4, -0.2) is 12.5 Å². The lowest BCUT2D eigenvalue weighted by Gasteiger charge is -2.31. The minimum atomic E-state index is -4.49. The fraction of sp³-hybridized carbons (Fsp3) is 0.538. The first-order valence-corrected chi connectivity index (χ1v) is 6.10. The van der Waals surface area contributed by atoms with E-state index in [0.29, 0.717) is 11.5 Å². The summed E-state index contributed by atoms with van der Waals surface area (Å²) in [5.74, 6) is 0.0310. The van der Waals surface area contributed by atoms with E-state index in [1.54, 1.807) is 6.07 Å². The number of nitrogens with two attached hydrogens (primary N) is 1. The Morgan fingerprint density at radius 3 is 2.47 bits per heavy atom. The van der Waals surface area contributed by atoms with Crippen molar-refractivity contribution in [2.75, 3.05) is 0 Å². The van der Waals surface area contributed by atoms with Gasteiger partial charge in [-0.15, -0.1) is 0 Å². The van der Waals surface area contributed by atoms with Gasteiger partial charge in [-0.05, 0) is 36.5 Å². The van der Waals surface area contributed by atoms with Gasteiger partial charge in [0.1, 0.15) is 5.75 Å². The summed E-state index contributed by atoms with van der Waals surface area (Å²) in [7, 11) is 0. The van der Waals surface area contributed by atoms with Gasteiger partial charge in [-0.3, -0.25) is 0 Å². The van der Waals surface area contributed by atoms with Gasteiger partial charge in [0.25, 0.3) is 0 Å². The lowest BCUT2D eigenvalue weighted by Crippen LogP contribution is -2.33. The molecule has 0 aromatic heterocycles. The molecule has 1 aliphatic carbocycles.